The maximum atomic E-state index is 13.6. The van der Waals surface area contributed by atoms with Crippen molar-refractivity contribution in [3.8, 4) is 17.6 Å². The van der Waals surface area contributed by atoms with Crippen LogP contribution < -0.4 is 20.1 Å². The van der Waals surface area contributed by atoms with E-state index in [-0.39, 0.29) is 24.3 Å². The Kier molecular flexibility index (Phi) is 8.18. The Morgan fingerprint density at radius 1 is 1.07 bits per heavy atom. The molecular weight excluding hydrogens is 389 g/mol. The molecule has 0 aliphatic rings. The molecular formula is C22H24FN3O4. The maximum absolute atomic E-state index is 13.6. The van der Waals surface area contributed by atoms with E-state index in [1.165, 1.54) is 24.3 Å². The van der Waals surface area contributed by atoms with Gasteiger partial charge in [-0.2, -0.15) is 5.26 Å². The fourth-order valence-electron chi connectivity index (χ4n) is 2.54. The molecule has 0 aliphatic heterocycles. The second-order valence-electron chi connectivity index (χ2n) is 7.04. The molecule has 2 amide bonds. The summed E-state index contributed by atoms with van der Waals surface area (Å²) in [6.45, 7) is 5.50. The van der Waals surface area contributed by atoms with E-state index in [9.17, 15) is 14.0 Å². The molecule has 158 valence electrons. The average Bonchev–Trinajstić information content (AvgIpc) is 2.72. The van der Waals surface area contributed by atoms with Crippen LogP contribution in [0.5, 0.6) is 11.5 Å². The minimum Gasteiger partial charge on any atom is -0.491 e. The van der Waals surface area contributed by atoms with Crippen LogP contribution in [0.4, 0.5) is 9.18 Å². The second-order valence-corrected chi connectivity index (χ2v) is 7.04. The van der Waals surface area contributed by atoms with Crippen molar-refractivity contribution in [1.29, 1.82) is 5.26 Å². The van der Waals surface area contributed by atoms with Gasteiger partial charge in [0.1, 0.15) is 18.4 Å². The SMILES string of the molecule is CC(COc1ccc(C#N)cc1)NC(=O)[C@@H](NC(=O)Oc1ccccc1F)C(C)C. The summed E-state index contributed by atoms with van der Waals surface area (Å²) >= 11 is 0. The van der Waals surface area contributed by atoms with Gasteiger partial charge in [-0.3, -0.25) is 4.79 Å². The molecule has 0 aromatic heterocycles. The number of rotatable bonds is 8. The Hall–Kier alpha value is -3.60. The molecule has 2 N–H and O–H groups in total. The zero-order valence-corrected chi connectivity index (χ0v) is 17.0. The number of amides is 2. The van der Waals surface area contributed by atoms with Crippen molar-refractivity contribution >= 4 is 12.0 Å². The van der Waals surface area contributed by atoms with Gasteiger partial charge in [-0.05, 0) is 49.2 Å². The first kappa shape index (κ1) is 22.7. The first-order valence-corrected chi connectivity index (χ1v) is 9.46. The van der Waals surface area contributed by atoms with Gasteiger partial charge in [0.25, 0.3) is 0 Å². The lowest BCUT2D eigenvalue weighted by molar-refractivity contribution is -0.124. The van der Waals surface area contributed by atoms with Gasteiger partial charge in [0.15, 0.2) is 11.6 Å². The number of ether oxygens (including phenoxy) is 2. The van der Waals surface area contributed by atoms with Crippen LogP contribution in [0, 0.1) is 23.1 Å². The van der Waals surface area contributed by atoms with Crippen LogP contribution in [0.2, 0.25) is 0 Å². The van der Waals surface area contributed by atoms with Crippen LogP contribution in [0.3, 0.4) is 0 Å². The highest BCUT2D eigenvalue weighted by Crippen LogP contribution is 2.16. The topological polar surface area (TPSA) is 100 Å². The molecule has 2 aromatic rings. The predicted octanol–water partition coefficient (Wildman–Crippen LogP) is 3.39. The Labute approximate surface area is 174 Å². The predicted molar refractivity (Wildman–Crippen MR) is 108 cm³/mol. The average molecular weight is 413 g/mol. The van der Waals surface area contributed by atoms with E-state index in [2.05, 4.69) is 10.6 Å². The standard InChI is InChI=1S/C22H24FN3O4/c1-14(2)20(26-22(28)30-19-7-5-4-6-18(19)23)21(27)25-15(3)13-29-17-10-8-16(12-24)9-11-17/h4-11,14-15,20H,13H2,1-3H3,(H,25,27)(H,26,28)/t15?,20-/m0/s1. The molecule has 0 saturated carbocycles. The number of halogens is 1. The molecule has 2 atom stereocenters. The maximum Gasteiger partial charge on any atom is 0.413 e. The van der Waals surface area contributed by atoms with Crippen LogP contribution in [0.15, 0.2) is 48.5 Å². The summed E-state index contributed by atoms with van der Waals surface area (Å²) < 4.78 is 24.2. The lowest BCUT2D eigenvalue weighted by Crippen LogP contribution is -2.53. The number of benzene rings is 2. The first-order valence-electron chi connectivity index (χ1n) is 9.46. The molecule has 2 rings (SSSR count). The first-order chi connectivity index (χ1) is 14.3. The zero-order chi connectivity index (χ0) is 22.1. The van der Waals surface area contributed by atoms with Crippen LogP contribution in [0.25, 0.3) is 0 Å². The summed E-state index contributed by atoms with van der Waals surface area (Å²) in [5, 5.41) is 14.1. The van der Waals surface area contributed by atoms with Gasteiger partial charge in [-0.25, -0.2) is 9.18 Å². The third kappa shape index (κ3) is 6.78. The third-order valence-electron chi connectivity index (χ3n) is 4.13. The number of para-hydroxylation sites is 1. The van der Waals surface area contributed by atoms with Gasteiger partial charge in [-0.1, -0.05) is 26.0 Å². The third-order valence-corrected chi connectivity index (χ3v) is 4.13. The highest BCUT2D eigenvalue weighted by molar-refractivity contribution is 5.86. The van der Waals surface area contributed by atoms with E-state index in [0.717, 1.165) is 0 Å². The molecule has 2 aromatic carbocycles. The summed E-state index contributed by atoms with van der Waals surface area (Å²) in [5.41, 5.74) is 0.525. The van der Waals surface area contributed by atoms with E-state index in [1.54, 1.807) is 45.0 Å². The Morgan fingerprint density at radius 2 is 1.73 bits per heavy atom. The normalized spacial score (nSPS) is 12.4. The van der Waals surface area contributed by atoms with Gasteiger partial charge in [0.05, 0.1) is 17.7 Å². The fraction of sp³-hybridized carbons (Fsp3) is 0.318. The van der Waals surface area contributed by atoms with Crippen LogP contribution in [0.1, 0.15) is 26.3 Å². The van der Waals surface area contributed by atoms with Crippen molar-refractivity contribution in [2.75, 3.05) is 6.61 Å². The van der Waals surface area contributed by atoms with E-state index >= 15 is 0 Å². The summed E-state index contributed by atoms with van der Waals surface area (Å²) in [4.78, 5) is 24.7. The van der Waals surface area contributed by atoms with Crippen molar-refractivity contribution in [2.45, 2.75) is 32.9 Å². The molecule has 0 bridgehead atoms. The lowest BCUT2D eigenvalue weighted by atomic mass is 10.0. The highest BCUT2D eigenvalue weighted by atomic mass is 19.1. The summed E-state index contributed by atoms with van der Waals surface area (Å²) in [7, 11) is 0. The van der Waals surface area contributed by atoms with Gasteiger partial charge < -0.3 is 20.1 Å². The summed E-state index contributed by atoms with van der Waals surface area (Å²) in [6, 6.07) is 12.9. The largest absolute Gasteiger partial charge is 0.491 e. The quantitative estimate of drug-likeness (QED) is 0.691. The zero-order valence-electron chi connectivity index (χ0n) is 17.0. The number of hydrogen-bond acceptors (Lipinski definition) is 5. The smallest absolute Gasteiger partial charge is 0.413 e. The molecule has 30 heavy (non-hydrogen) atoms. The van der Waals surface area contributed by atoms with Crippen LogP contribution in [-0.4, -0.2) is 30.7 Å². The van der Waals surface area contributed by atoms with E-state index in [4.69, 9.17) is 14.7 Å². The Bertz CT molecular complexity index is 909. The molecule has 1 unspecified atom stereocenters. The monoisotopic (exact) mass is 413 g/mol. The van der Waals surface area contributed by atoms with E-state index in [0.29, 0.717) is 11.3 Å². The number of nitrogens with zero attached hydrogens (tertiary/aromatic N) is 1. The molecule has 0 saturated heterocycles. The summed E-state index contributed by atoms with van der Waals surface area (Å²) in [6.07, 6.45) is -0.921. The molecule has 0 spiro atoms. The molecule has 8 heteroatoms. The van der Waals surface area contributed by atoms with Crippen molar-refractivity contribution < 1.29 is 23.5 Å². The van der Waals surface area contributed by atoms with Crippen molar-refractivity contribution in [3.63, 3.8) is 0 Å². The Balaban J connectivity index is 1.88. The number of nitriles is 1. The second kappa shape index (κ2) is 10.8. The van der Waals surface area contributed by atoms with Gasteiger partial charge >= 0.3 is 6.09 Å². The Morgan fingerprint density at radius 3 is 2.33 bits per heavy atom. The van der Waals surface area contributed by atoms with Crippen LogP contribution >= 0.6 is 0 Å². The molecule has 0 heterocycles. The molecule has 7 nitrogen and oxygen atoms in total. The van der Waals surface area contributed by atoms with Gasteiger partial charge in [-0.15, -0.1) is 0 Å². The van der Waals surface area contributed by atoms with E-state index < -0.39 is 23.9 Å². The van der Waals surface area contributed by atoms with Crippen molar-refractivity contribution in [1.82, 2.24) is 10.6 Å². The number of carbonyl (C=O) groups excluding carboxylic acids is 2. The number of hydrogen-bond donors (Lipinski definition) is 2. The van der Waals surface area contributed by atoms with Gasteiger partial charge in [0.2, 0.25) is 5.91 Å². The molecule has 0 fully saturated rings. The fourth-order valence-corrected chi connectivity index (χ4v) is 2.54. The highest BCUT2D eigenvalue weighted by Gasteiger charge is 2.26. The van der Waals surface area contributed by atoms with Gasteiger partial charge in [0, 0.05) is 0 Å². The van der Waals surface area contributed by atoms with E-state index in [1.807, 2.05) is 6.07 Å². The minimum absolute atomic E-state index is 0.197. The number of carbonyl (C=O) groups is 2. The summed E-state index contributed by atoms with van der Waals surface area (Å²) in [5.74, 6) is -0.966. The minimum atomic E-state index is -0.921. The molecule has 0 aliphatic carbocycles. The van der Waals surface area contributed by atoms with Crippen molar-refractivity contribution in [3.05, 3.63) is 59.9 Å². The number of nitrogens with one attached hydrogen (secondary N) is 2. The van der Waals surface area contributed by atoms with Crippen LogP contribution in [-0.2, 0) is 4.79 Å². The lowest BCUT2D eigenvalue weighted by Gasteiger charge is -2.23. The van der Waals surface area contributed by atoms with Crippen molar-refractivity contribution in [2.24, 2.45) is 5.92 Å². The molecule has 0 radical (unpaired) electrons.